The average Bonchev–Trinajstić information content (AvgIpc) is 2.62. The van der Waals surface area contributed by atoms with Gasteiger partial charge >= 0.3 is 5.97 Å². The Hall–Kier alpha value is -3.41. The highest BCUT2D eigenvalue weighted by molar-refractivity contribution is 6.01. The van der Waals surface area contributed by atoms with Crippen molar-refractivity contribution in [1.29, 1.82) is 0 Å². The number of ether oxygens (including phenoxy) is 1. The zero-order valence-corrected chi connectivity index (χ0v) is 13.9. The third kappa shape index (κ3) is 3.64. The fourth-order valence-corrected chi connectivity index (χ4v) is 2.47. The molecule has 0 saturated carbocycles. The minimum Gasteiger partial charge on any atom is -0.507 e. The van der Waals surface area contributed by atoms with Crippen LogP contribution in [0, 0.1) is 5.82 Å². The Morgan fingerprint density at radius 2 is 1.65 bits per heavy atom. The second-order valence-corrected chi connectivity index (χ2v) is 5.73. The number of rotatable bonds is 4. The van der Waals surface area contributed by atoms with Gasteiger partial charge in [0.05, 0.1) is 5.69 Å². The lowest BCUT2D eigenvalue weighted by molar-refractivity contribution is -0.123. The highest BCUT2D eigenvalue weighted by Gasteiger charge is 2.22. The average molecular weight is 353 g/mol. The van der Waals surface area contributed by atoms with Crippen molar-refractivity contribution in [3.05, 3.63) is 72.0 Å². The SMILES string of the molecule is C[C@@H](OC(=O)c1cc2ccccc2cc1O)C(=O)Nc1ccccc1F. The standard InChI is InChI=1S/C20H16FNO4/c1-12(19(24)22-17-9-5-4-8-16(17)21)26-20(25)15-10-13-6-2-3-7-14(13)11-18(15)23/h2-12,23H,1H3,(H,22,24)/t12-/m1/s1. The van der Waals surface area contributed by atoms with E-state index in [1.807, 2.05) is 6.07 Å². The van der Waals surface area contributed by atoms with Crippen molar-refractivity contribution in [2.75, 3.05) is 5.32 Å². The molecule has 1 amide bonds. The summed E-state index contributed by atoms with van der Waals surface area (Å²) >= 11 is 0. The molecule has 0 heterocycles. The Balaban J connectivity index is 1.74. The van der Waals surface area contributed by atoms with Crippen LogP contribution in [0.2, 0.25) is 0 Å². The third-order valence-electron chi connectivity index (χ3n) is 3.87. The number of fused-ring (bicyclic) bond motifs is 1. The number of nitrogens with one attached hydrogen (secondary N) is 1. The highest BCUT2D eigenvalue weighted by Crippen LogP contribution is 2.26. The summed E-state index contributed by atoms with van der Waals surface area (Å²) in [5.74, 6) is -2.35. The Morgan fingerprint density at radius 3 is 2.35 bits per heavy atom. The maximum absolute atomic E-state index is 13.6. The first-order chi connectivity index (χ1) is 12.5. The van der Waals surface area contributed by atoms with E-state index >= 15 is 0 Å². The van der Waals surface area contributed by atoms with Crippen molar-refractivity contribution >= 4 is 28.3 Å². The van der Waals surface area contributed by atoms with Crippen molar-refractivity contribution in [2.45, 2.75) is 13.0 Å². The molecule has 3 rings (SSSR count). The topological polar surface area (TPSA) is 75.6 Å². The number of hydrogen-bond donors (Lipinski definition) is 2. The van der Waals surface area contributed by atoms with Crippen molar-refractivity contribution in [3.63, 3.8) is 0 Å². The molecule has 2 N–H and O–H groups in total. The van der Waals surface area contributed by atoms with Gasteiger partial charge in [0.1, 0.15) is 17.1 Å². The molecule has 0 unspecified atom stereocenters. The number of carbonyl (C=O) groups is 2. The number of hydrogen-bond acceptors (Lipinski definition) is 4. The minimum atomic E-state index is -1.17. The molecule has 6 heteroatoms. The van der Waals surface area contributed by atoms with Crippen LogP contribution in [0.15, 0.2) is 60.7 Å². The largest absolute Gasteiger partial charge is 0.507 e. The Morgan fingerprint density at radius 1 is 1.04 bits per heavy atom. The zero-order chi connectivity index (χ0) is 18.7. The first-order valence-electron chi connectivity index (χ1n) is 7.94. The molecule has 0 aromatic heterocycles. The van der Waals surface area contributed by atoms with E-state index in [4.69, 9.17) is 4.74 Å². The number of halogens is 1. The maximum Gasteiger partial charge on any atom is 0.342 e. The van der Waals surface area contributed by atoms with Gasteiger partial charge in [-0.3, -0.25) is 4.79 Å². The van der Waals surface area contributed by atoms with Crippen LogP contribution in [-0.2, 0) is 9.53 Å². The molecule has 0 saturated heterocycles. The zero-order valence-electron chi connectivity index (χ0n) is 13.9. The lowest BCUT2D eigenvalue weighted by Crippen LogP contribution is -2.30. The van der Waals surface area contributed by atoms with Gasteiger partial charge in [0.2, 0.25) is 0 Å². The summed E-state index contributed by atoms with van der Waals surface area (Å²) in [4.78, 5) is 24.4. The molecule has 0 spiro atoms. The number of anilines is 1. The fourth-order valence-electron chi connectivity index (χ4n) is 2.47. The smallest absolute Gasteiger partial charge is 0.342 e. The van der Waals surface area contributed by atoms with Gasteiger partial charge in [0.15, 0.2) is 6.10 Å². The Bertz CT molecular complexity index is 986. The van der Waals surface area contributed by atoms with E-state index < -0.39 is 23.8 Å². The number of amides is 1. The van der Waals surface area contributed by atoms with E-state index in [1.54, 1.807) is 24.3 Å². The van der Waals surface area contributed by atoms with E-state index in [9.17, 15) is 19.1 Å². The van der Waals surface area contributed by atoms with Gasteiger partial charge in [0.25, 0.3) is 5.91 Å². The number of aromatic hydroxyl groups is 1. The number of benzene rings is 3. The monoisotopic (exact) mass is 353 g/mol. The molecule has 0 aliphatic heterocycles. The molecule has 0 aliphatic carbocycles. The lowest BCUT2D eigenvalue weighted by atomic mass is 10.1. The summed E-state index contributed by atoms with van der Waals surface area (Å²) in [6.45, 7) is 1.37. The van der Waals surface area contributed by atoms with Crippen molar-refractivity contribution < 1.29 is 23.8 Å². The summed E-state index contributed by atoms with van der Waals surface area (Å²) in [6.07, 6.45) is -1.17. The first kappa shape index (κ1) is 17.4. The van der Waals surface area contributed by atoms with Gasteiger partial charge in [-0.05, 0) is 42.0 Å². The van der Waals surface area contributed by atoms with Gasteiger partial charge in [-0.1, -0.05) is 36.4 Å². The summed E-state index contributed by atoms with van der Waals surface area (Å²) in [6, 6.07) is 15.8. The molecule has 0 aliphatic rings. The van der Waals surface area contributed by atoms with Crippen LogP contribution >= 0.6 is 0 Å². The molecule has 26 heavy (non-hydrogen) atoms. The van der Waals surface area contributed by atoms with E-state index in [0.717, 1.165) is 10.8 Å². The quantitative estimate of drug-likeness (QED) is 0.698. The summed E-state index contributed by atoms with van der Waals surface area (Å²) in [5.41, 5.74) is -0.0526. The molecule has 0 fully saturated rings. The highest BCUT2D eigenvalue weighted by atomic mass is 19.1. The van der Waals surface area contributed by atoms with Gasteiger partial charge in [-0.25, -0.2) is 9.18 Å². The second kappa shape index (κ2) is 7.23. The van der Waals surface area contributed by atoms with Crippen LogP contribution in [0.25, 0.3) is 10.8 Å². The molecule has 0 bridgehead atoms. The molecule has 1 atom stereocenters. The number of esters is 1. The van der Waals surface area contributed by atoms with Crippen LogP contribution < -0.4 is 5.32 Å². The Kier molecular flexibility index (Phi) is 4.84. The van der Waals surface area contributed by atoms with Crippen LogP contribution in [0.3, 0.4) is 0 Å². The predicted octanol–water partition coefficient (Wildman–Crippen LogP) is 3.87. The number of carbonyl (C=O) groups excluding carboxylic acids is 2. The number of phenols is 1. The maximum atomic E-state index is 13.6. The van der Waals surface area contributed by atoms with E-state index in [-0.39, 0.29) is 17.0 Å². The van der Waals surface area contributed by atoms with Crippen LogP contribution in [-0.4, -0.2) is 23.1 Å². The molecular weight excluding hydrogens is 337 g/mol. The molecule has 132 valence electrons. The van der Waals surface area contributed by atoms with Crippen molar-refractivity contribution in [1.82, 2.24) is 0 Å². The van der Waals surface area contributed by atoms with E-state index in [2.05, 4.69) is 5.32 Å². The first-order valence-corrected chi connectivity index (χ1v) is 7.94. The van der Waals surface area contributed by atoms with Crippen molar-refractivity contribution in [3.8, 4) is 5.75 Å². The molecule has 0 radical (unpaired) electrons. The van der Waals surface area contributed by atoms with Crippen LogP contribution in [0.5, 0.6) is 5.75 Å². The summed E-state index contributed by atoms with van der Waals surface area (Å²) < 4.78 is 18.7. The molecule has 5 nitrogen and oxygen atoms in total. The van der Waals surface area contributed by atoms with Crippen molar-refractivity contribution in [2.24, 2.45) is 0 Å². The number of para-hydroxylation sites is 1. The predicted molar refractivity (Wildman–Crippen MR) is 95.5 cm³/mol. The van der Waals surface area contributed by atoms with Crippen LogP contribution in [0.1, 0.15) is 17.3 Å². The summed E-state index contributed by atoms with van der Waals surface area (Å²) in [7, 11) is 0. The van der Waals surface area contributed by atoms with Gasteiger partial charge in [0, 0.05) is 0 Å². The van der Waals surface area contributed by atoms with E-state index in [0.29, 0.717) is 0 Å². The normalized spacial score (nSPS) is 11.8. The fraction of sp³-hybridized carbons (Fsp3) is 0.100. The lowest BCUT2D eigenvalue weighted by Gasteiger charge is -2.14. The Labute approximate surface area is 149 Å². The third-order valence-corrected chi connectivity index (χ3v) is 3.87. The number of phenolic OH excluding ortho intramolecular Hbond substituents is 1. The van der Waals surface area contributed by atoms with Crippen LogP contribution in [0.4, 0.5) is 10.1 Å². The van der Waals surface area contributed by atoms with E-state index in [1.165, 1.54) is 37.3 Å². The second-order valence-electron chi connectivity index (χ2n) is 5.73. The molecule has 3 aromatic rings. The van der Waals surface area contributed by atoms with Gasteiger partial charge in [-0.2, -0.15) is 0 Å². The summed E-state index contributed by atoms with van der Waals surface area (Å²) in [5, 5.41) is 13.9. The minimum absolute atomic E-state index is 0.00560. The molecule has 3 aromatic carbocycles. The van der Waals surface area contributed by atoms with Gasteiger partial charge < -0.3 is 15.2 Å². The molecular formula is C20H16FNO4. The van der Waals surface area contributed by atoms with Gasteiger partial charge in [-0.15, -0.1) is 0 Å².